The number of amides is 4. The van der Waals surface area contributed by atoms with Gasteiger partial charge in [-0.25, -0.2) is 4.39 Å². The van der Waals surface area contributed by atoms with E-state index in [0.717, 1.165) is 5.56 Å². The van der Waals surface area contributed by atoms with Gasteiger partial charge in [0.1, 0.15) is 24.2 Å². The van der Waals surface area contributed by atoms with E-state index in [0.29, 0.717) is 31.8 Å². The second-order valence-electron chi connectivity index (χ2n) is 13.0. The van der Waals surface area contributed by atoms with Gasteiger partial charge in [-0.15, -0.1) is 0 Å². The van der Waals surface area contributed by atoms with E-state index in [-0.39, 0.29) is 67.6 Å². The van der Waals surface area contributed by atoms with Gasteiger partial charge in [-0.3, -0.25) is 19.2 Å². The Morgan fingerprint density at radius 1 is 1.02 bits per heavy atom. The molecule has 0 radical (unpaired) electrons. The van der Waals surface area contributed by atoms with Crippen molar-refractivity contribution >= 4 is 23.6 Å². The monoisotopic (exact) mass is 624 g/mol. The Kier molecular flexibility index (Phi) is 11.2. The summed E-state index contributed by atoms with van der Waals surface area (Å²) in [4.78, 5) is 53.3. The molecule has 0 saturated carbocycles. The summed E-state index contributed by atoms with van der Waals surface area (Å²) in [6.07, 6.45) is 1.16. The minimum Gasteiger partial charge on any atom is -0.491 e. The molecule has 4 amide bonds. The molecule has 0 unspecified atom stereocenters. The van der Waals surface area contributed by atoms with Gasteiger partial charge in [0, 0.05) is 43.6 Å². The number of benzene rings is 2. The number of ether oxygens (including phenoxy) is 2. The molecule has 1 saturated heterocycles. The maximum absolute atomic E-state index is 14.2. The number of hydrogen-bond donors (Lipinski definition) is 4. The van der Waals surface area contributed by atoms with Gasteiger partial charge in [0.2, 0.25) is 17.7 Å². The Morgan fingerprint density at radius 3 is 2.47 bits per heavy atom. The van der Waals surface area contributed by atoms with Crippen LogP contribution in [0.3, 0.4) is 0 Å². The lowest BCUT2D eigenvalue weighted by Gasteiger charge is -2.38. The fraction of sp³-hybridized carbons (Fsp3) is 0.529. The third-order valence-corrected chi connectivity index (χ3v) is 8.55. The number of nitrogens with one attached hydrogen (secondary N) is 4. The summed E-state index contributed by atoms with van der Waals surface area (Å²) in [5.41, 5.74) is -0.408. The van der Waals surface area contributed by atoms with Crippen molar-refractivity contribution < 1.29 is 33.0 Å². The topological polar surface area (TPSA) is 135 Å². The summed E-state index contributed by atoms with van der Waals surface area (Å²) in [7, 11) is 0. The van der Waals surface area contributed by atoms with E-state index in [2.05, 4.69) is 21.3 Å². The van der Waals surface area contributed by atoms with E-state index in [1.54, 1.807) is 44.2 Å². The Labute approximate surface area is 264 Å². The van der Waals surface area contributed by atoms with Crippen LogP contribution in [-0.2, 0) is 24.5 Å². The van der Waals surface area contributed by atoms with Crippen LogP contribution in [0.1, 0.15) is 75.7 Å². The summed E-state index contributed by atoms with van der Waals surface area (Å²) in [5, 5.41) is 11.7. The summed E-state index contributed by atoms with van der Waals surface area (Å²) in [6, 6.07) is 11.7. The maximum atomic E-state index is 14.2. The lowest BCUT2D eigenvalue weighted by atomic mass is 9.74. The van der Waals surface area contributed by atoms with Crippen LogP contribution in [0.15, 0.2) is 48.5 Å². The molecule has 0 bridgehead atoms. The molecule has 0 aromatic heterocycles. The summed E-state index contributed by atoms with van der Waals surface area (Å²) in [6.45, 7) is 8.70. The van der Waals surface area contributed by atoms with E-state index < -0.39 is 28.8 Å². The molecular weight excluding hydrogens is 579 g/mol. The molecule has 10 nitrogen and oxygen atoms in total. The van der Waals surface area contributed by atoms with Crippen molar-refractivity contribution in [1.82, 2.24) is 21.3 Å². The minimum absolute atomic E-state index is 0.0141. The number of hydrogen-bond acceptors (Lipinski definition) is 6. The molecule has 244 valence electrons. The van der Waals surface area contributed by atoms with Gasteiger partial charge in [0.15, 0.2) is 0 Å². The van der Waals surface area contributed by atoms with Crippen LogP contribution in [0.4, 0.5) is 4.39 Å². The predicted octanol–water partition coefficient (Wildman–Crippen LogP) is 3.39. The van der Waals surface area contributed by atoms with Crippen molar-refractivity contribution in [1.29, 1.82) is 0 Å². The molecule has 2 aromatic carbocycles. The minimum atomic E-state index is -1.05. The lowest BCUT2D eigenvalue weighted by molar-refractivity contribution is -0.126. The van der Waals surface area contributed by atoms with Gasteiger partial charge in [0.25, 0.3) is 5.91 Å². The highest BCUT2D eigenvalue weighted by atomic mass is 19.1. The molecule has 4 rings (SSSR count). The highest BCUT2D eigenvalue weighted by Crippen LogP contribution is 2.34. The molecule has 0 aliphatic carbocycles. The van der Waals surface area contributed by atoms with Gasteiger partial charge in [-0.2, -0.15) is 0 Å². The second-order valence-corrected chi connectivity index (χ2v) is 13.0. The van der Waals surface area contributed by atoms with Crippen molar-refractivity contribution in [3.8, 4) is 5.75 Å². The molecule has 45 heavy (non-hydrogen) atoms. The van der Waals surface area contributed by atoms with Crippen LogP contribution in [-0.4, -0.2) is 67.6 Å². The van der Waals surface area contributed by atoms with E-state index >= 15 is 0 Å². The van der Waals surface area contributed by atoms with E-state index in [1.807, 2.05) is 19.9 Å². The molecule has 2 aromatic rings. The van der Waals surface area contributed by atoms with Crippen molar-refractivity contribution in [2.45, 2.75) is 82.8 Å². The number of para-hydroxylation sites is 1. The van der Waals surface area contributed by atoms with E-state index in [9.17, 15) is 23.6 Å². The van der Waals surface area contributed by atoms with Crippen molar-refractivity contribution in [2.24, 2.45) is 5.92 Å². The number of carbonyl (C=O) groups excluding carboxylic acids is 4. The lowest BCUT2D eigenvalue weighted by Crippen LogP contribution is -2.52. The fourth-order valence-electron chi connectivity index (χ4n) is 5.81. The Bertz CT molecular complexity index is 1370. The van der Waals surface area contributed by atoms with Crippen LogP contribution in [0.2, 0.25) is 0 Å². The number of fused-ring (bicyclic) bond motifs is 1. The fourth-order valence-corrected chi connectivity index (χ4v) is 5.81. The Balaban J connectivity index is 1.59. The zero-order chi connectivity index (χ0) is 32.6. The standard InChI is InChI=1S/C34H45FN4O6/c1-22(2)27-20-45-28-11-6-5-10-25(28)31(42)38-26(12-13-29(40)39-33(3,4)19-30(41)37-27)32(43)36-21-34(14-16-44-17-15-34)23-8-7-9-24(35)18-23/h5-11,18,22,26-27H,12-17,19-21H2,1-4H3,(H,36,43)(H,37,41)(H,38,42)(H,39,40)/t26-,27-/m0/s1. The average Bonchev–Trinajstić information content (AvgIpc) is 2.99. The summed E-state index contributed by atoms with van der Waals surface area (Å²) in [5.74, 6) is -1.60. The van der Waals surface area contributed by atoms with Crippen molar-refractivity contribution in [2.75, 3.05) is 26.4 Å². The van der Waals surface area contributed by atoms with E-state index in [4.69, 9.17) is 9.47 Å². The average molecular weight is 625 g/mol. The molecule has 2 heterocycles. The van der Waals surface area contributed by atoms with Crippen molar-refractivity contribution in [3.63, 3.8) is 0 Å². The van der Waals surface area contributed by atoms with Crippen LogP contribution in [0.5, 0.6) is 5.75 Å². The highest BCUT2D eigenvalue weighted by molar-refractivity contribution is 5.99. The molecule has 4 N–H and O–H groups in total. The van der Waals surface area contributed by atoms with Gasteiger partial charge in [-0.05, 0) is 68.9 Å². The molecule has 11 heteroatoms. The first kappa shape index (κ1) is 33.9. The number of rotatable bonds is 5. The van der Waals surface area contributed by atoms with Gasteiger partial charge in [0.05, 0.1) is 11.6 Å². The summed E-state index contributed by atoms with van der Waals surface area (Å²) >= 11 is 0. The van der Waals surface area contributed by atoms with Gasteiger partial charge in [-0.1, -0.05) is 38.1 Å². The van der Waals surface area contributed by atoms with Gasteiger partial charge >= 0.3 is 0 Å². The Hall–Kier alpha value is -3.99. The molecule has 1 fully saturated rings. The molecule has 0 spiro atoms. The SMILES string of the molecule is CC(C)[C@@H]1COc2ccccc2C(=O)N[C@H](C(=O)NCC2(c3cccc(F)c3)CCOCC2)CCC(=O)NC(C)(C)CC(=O)N1. The molecule has 2 atom stereocenters. The van der Waals surface area contributed by atoms with Gasteiger partial charge < -0.3 is 30.7 Å². The van der Waals surface area contributed by atoms with Crippen molar-refractivity contribution in [3.05, 3.63) is 65.5 Å². The molecule has 2 aliphatic rings. The quantitative estimate of drug-likeness (QED) is 0.403. The largest absolute Gasteiger partial charge is 0.491 e. The van der Waals surface area contributed by atoms with E-state index in [1.165, 1.54) is 12.1 Å². The van der Waals surface area contributed by atoms with Crippen LogP contribution < -0.4 is 26.0 Å². The zero-order valence-electron chi connectivity index (χ0n) is 26.5. The highest BCUT2D eigenvalue weighted by Gasteiger charge is 2.36. The summed E-state index contributed by atoms with van der Waals surface area (Å²) < 4.78 is 25.8. The number of carbonyl (C=O) groups is 4. The first-order valence-electron chi connectivity index (χ1n) is 15.6. The molecule has 2 aliphatic heterocycles. The zero-order valence-corrected chi connectivity index (χ0v) is 26.5. The molecular formula is C34H45FN4O6. The van der Waals surface area contributed by atoms with Crippen LogP contribution >= 0.6 is 0 Å². The van der Waals surface area contributed by atoms with Crippen LogP contribution in [0.25, 0.3) is 0 Å². The first-order chi connectivity index (χ1) is 21.4. The third kappa shape index (κ3) is 9.26. The second kappa shape index (κ2) is 14.9. The predicted molar refractivity (Wildman–Crippen MR) is 167 cm³/mol. The van der Waals surface area contributed by atoms with Crippen LogP contribution in [0, 0.1) is 11.7 Å². The first-order valence-corrected chi connectivity index (χ1v) is 15.6. The Morgan fingerprint density at radius 2 is 1.76 bits per heavy atom. The smallest absolute Gasteiger partial charge is 0.255 e. The number of halogens is 1. The normalized spacial score (nSPS) is 22.7. The maximum Gasteiger partial charge on any atom is 0.255 e. The third-order valence-electron chi connectivity index (χ3n) is 8.55.